The maximum absolute atomic E-state index is 13.0. The summed E-state index contributed by atoms with van der Waals surface area (Å²) in [6.07, 6.45) is 1.70. The van der Waals surface area contributed by atoms with Crippen LogP contribution in [0.1, 0.15) is 23.1 Å². The van der Waals surface area contributed by atoms with Crippen LogP contribution in [0.5, 0.6) is 0 Å². The third kappa shape index (κ3) is 3.47. The maximum atomic E-state index is 13.0. The van der Waals surface area contributed by atoms with E-state index in [1.54, 1.807) is 12.1 Å². The maximum Gasteiger partial charge on any atom is 0.325 e. The van der Waals surface area contributed by atoms with Crippen LogP contribution in [0.4, 0.5) is 4.79 Å². The fraction of sp³-hybridized carbons (Fsp3) is 0.286. The van der Waals surface area contributed by atoms with Gasteiger partial charge in [-0.1, -0.05) is 59.6 Å². The van der Waals surface area contributed by atoms with Gasteiger partial charge in [-0.05, 0) is 42.0 Å². The minimum atomic E-state index is -1.05. The van der Waals surface area contributed by atoms with Crippen molar-refractivity contribution in [1.82, 2.24) is 15.5 Å². The average molecular weight is 432 g/mol. The van der Waals surface area contributed by atoms with Crippen LogP contribution in [-0.2, 0) is 28.0 Å². The highest BCUT2D eigenvalue weighted by Gasteiger charge is 2.55. The zero-order valence-corrected chi connectivity index (χ0v) is 17.0. The van der Waals surface area contributed by atoms with Gasteiger partial charge in [0, 0.05) is 6.54 Å². The van der Waals surface area contributed by atoms with E-state index in [2.05, 4.69) is 10.6 Å². The number of nitrogens with zero attached hydrogens (tertiary/aromatic N) is 1. The van der Waals surface area contributed by atoms with Crippen molar-refractivity contribution in [2.45, 2.75) is 24.8 Å². The van der Waals surface area contributed by atoms with Crippen LogP contribution >= 0.6 is 23.2 Å². The third-order valence-electron chi connectivity index (χ3n) is 5.47. The summed E-state index contributed by atoms with van der Waals surface area (Å²) in [5, 5.41) is 6.45. The van der Waals surface area contributed by atoms with E-state index in [4.69, 9.17) is 23.2 Å². The van der Waals surface area contributed by atoms with E-state index in [-0.39, 0.29) is 12.5 Å². The minimum absolute atomic E-state index is 0.316. The molecule has 1 fully saturated rings. The molecule has 4 amide bonds. The summed E-state index contributed by atoms with van der Waals surface area (Å²) in [7, 11) is 0. The molecular weight excluding hydrogens is 413 g/mol. The lowest BCUT2D eigenvalue weighted by Gasteiger charge is -2.22. The molecule has 2 aromatic rings. The number of amides is 4. The molecule has 0 saturated carbocycles. The van der Waals surface area contributed by atoms with Crippen molar-refractivity contribution < 1.29 is 14.4 Å². The van der Waals surface area contributed by atoms with Crippen molar-refractivity contribution in [2.24, 2.45) is 0 Å². The molecule has 1 heterocycles. The average Bonchev–Trinajstić information content (AvgIpc) is 3.19. The number of imide groups is 1. The highest BCUT2D eigenvalue weighted by atomic mass is 35.5. The normalized spacial score (nSPS) is 20.1. The van der Waals surface area contributed by atoms with Gasteiger partial charge < -0.3 is 10.6 Å². The number of nitrogens with one attached hydrogen (secondary N) is 2. The Morgan fingerprint density at radius 3 is 2.76 bits per heavy atom. The SMILES string of the molecule is O=C(CN1C(=O)NC2(CCc3ccccc32)C1=O)NCCc1cccc(Cl)c1Cl. The summed E-state index contributed by atoms with van der Waals surface area (Å²) in [6, 6.07) is 12.4. The molecule has 1 atom stereocenters. The number of benzene rings is 2. The molecule has 150 valence electrons. The molecule has 1 unspecified atom stereocenters. The Kier molecular flexibility index (Phi) is 5.23. The Morgan fingerprint density at radius 2 is 1.93 bits per heavy atom. The van der Waals surface area contributed by atoms with E-state index in [0.717, 1.165) is 21.6 Å². The molecule has 1 saturated heterocycles. The Balaban J connectivity index is 1.38. The number of carbonyl (C=O) groups excluding carboxylic acids is 3. The number of urea groups is 1. The molecule has 6 nitrogen and oxygen atoms in total. The second-order valence-electron chi connectivity index (χ2n) is 7.20. The molecule has 4 rings (SSSR count). The zero-order chi connectivity index (χ0) is 20.6. The van der Waals surface area contributed by atoms with Gasteiger partial charge in [0.2, 0.25) is 5.91 Å². The van der Waals surface area contributed by atoms with E-state index < -0.39 is 17.5 Å². The number of halogens is 2. The van der Waals surface area contributed by atoms with Crippen LogP contribution in [0.2, 0.25) is 10.0 Å². The lowest BCUT2D eigenvalue weighted by atomic mass is 9.92. The van der Waals surface area contributed by atoms with Crippen molar-refractivity contribution >= 4 is 41.0 Å². The molecule has 29 heavy (non-hydrogen) atoms. The molecule has 0 bridgehead atoms. The fourth-order valence-corrected chi connectivity index (χ4v) is 4.43. The van der Waals surface area contributed by atoms with Crippen molar-refractivity contribution in [3.8, 4) is 0 Å². The van der Waals surface area contributed by atoms with E-state index in [9.17, 15) is 14.4 Å². The Labute approximate surface area is 178 Å². The minimum Gasteiger partial charge on any atom is -0.354 e. The number of aryl methyl sites for hydroxylation is 1. The van der Waals surface area contributed by atoms with Gasteiger partial charge in [0.1, 0.15) is 12.1 Å². The molecule has 1 aliphatic heterocycles. The Bertz CT molecular complexity index is 1010. The molecule has 1 aliphatic carbocycles. The zero-order valence-electron chi connectivity index (χ0n) is 15.5. The summed E-state index contributed by atoms with van der Waals surface area (Å²) in [5.41, 5.74) is 1.63. The van der Waals surface area contributed by atoms with E-state index in [0.29, 0.717) is 35.9 Å². The van der Waals surface area contributed by atoms with Gasteiger partial charge in [0.25, 0.3) is 5.91 Å². The van der Waals surface area contributed by atoms with E-state index in [1.807, 2.05) is 30.3 Å². The first-order valence-electron chi connectivity index (χ1n) is 9.34. The number of rotatable bonds is 5. The van der Waals surface area contributed by atoms with Crippen LogP contribution in [0, 0.1) is 0 Å². The first kappa shape index (κ1) is 19.7. The first-order chi connectivity index (χ1) is 13.9. The van der Waals surface area contributed by atoms with E-state index >= 15 is 0 Å². The van der Waals surface area contributed by atoms with Gasteiger partial charge in [-0.3, -0.25) is 14.5 Å². The van der Waals surface area contributed by atoms with Crippen LogP contribution in [-0.4, -0.2) is 35.8 Å². The molecule has 2 aromatic carbocycles. The highest BCUT2D eigenvalue weighted by molar-refractivity contribution is 6.42. The lowest BCUT2D eigenvalue weighted by Crippen LogP contribution is -2.44. The number of fused-ring (bicyclic) bond motifs is 2. The van der Waals surface area contributed by atoms with Crippen molar-refractivity contribution in [1.29, 1.82) is 0 Å². The lowest BCUT2D eigenvalue weighted by molar-refractivity contribution is -0.135. The number of carbonyl (C=O) groups is 3. The van der Waals surface area contributed by atoms with Crippen molar-refractivity contribution in [3.05, 3.63) is 69.2 Å². The molecule has 0 aromatic heterocycles. The Morgan fingerprint density at radius 1 is 1.14 bits per heavy atom. The molecule has 1 spiro atoms. The monoisotopic (exact) mass is 431 g/mol. The predicted molar refractivity (Wildman–Crippen MR) is 110 cm³/mol. The van der Waals surface area contributed by atoms with Crippen LogP contribution in [0.15, 0.2) is 42.5 Å². The van der Waals surface area contributed by atoms with Gasteiger partial charge in [0.05, 0.1) is 10.0 Å². The first-order valence-corrected chi connectivity index (χ1v) is 10.1. The van der Waals surface area contributed by atoms with Gasteiger partial charge in [-0.2, -0.15) is 0 Å². The molecule has 2 N–H and O–H groups in total. The standard InChI is InChI=1S/C21H19Cl2N3O3/c22-16-7-3-5-14(18(16)23)9-11-24-17(27)12-26-19(28)21(25-20(26)29)10-8-13-4-1-2-6-15(13)21/h1-7H,8-12H2,(H,24,27)(H,25,29). The summed E-state index contributed by atoms with van der Waals surface area (Å²) in [4.78, 5) is 38.8. The highest BCUT2D eigenvalue weighted by Crippen LogP contribution is 2.41. The van der Waals surface area contributed by atoms with Crippen molar-refractivity contribution in [2.75, 3.05) is 13.1 Å². The molecule has 8 heteroatoms. The number of hydrogen-bond donors (Lipinski definition) is 2. The van der Waals surface area contributed by atoms with Gasteiger partial charge in [-0.25, -0.2) is 4.79 Å². The largest absolute Gasteiger partial charge is 0.354 e. The third-order valence-corrected chi connectivity index (χ3v) is 6.33. The predicted octanol–water partition coefficient (Wildman–Crippen LogP) is 3.05. The van der Waals surface area contributed by atoms with Crippen LogP contribution < -0.4 is 10.6 Å². The summed E-state index contributed by atoms with van der Waals surface area (Å²) < 4.78 is 0. The quantitative estimate of drug-likeness (QED) is 0.713. The fourth-order valence-electron chi connectivity index (χ4n) is 4.01. The second kappa shape index (κ2) is 7.69. The Hall–Kier alpha value is -2.57. The summed E-state index contributed by atoms with van der Waals surface area (Å²) >= 11 is 12.1. The number of hydrogen-bond acceptors (Lipinski definition) is 3. The molecule has 0 radical (unpaired) electrons. The molecular formula is C21H19Cl2N3O3. The van der Waals surface area contributed by atoms with Gasteiger partial charge in [-0.15, -0.1) is 0 Å². The van der Waals surface area contributed by atoms with Crippen LogP contribution in [0.3, 0.4) is 0 Å². The topological polar surface area (TPSA) is 78.5 Å². The van der Waals surface area contributed by atoms with Crippen molar-refractivity contribution in [3.63, 3.8) is 0 Å². The van der Waals surface area contributed by atoms with E-state index in [1.165, 1.54) is 0 Å². The summed E-state index contributed by atoms with van der Waals surface area (Å²) in [5.74, 6) is -0.782. The second-order valence-corrected chi connectivity index (χ2v) is 7.98. The summed E-state index contributed by atoms with van der Waals surface area (Å²) in [6.45, 7) is -0.00557. The van der Waals surface area contributed by atoms with Gasteiger partial charge in [0.15, 0.2) is 0 Å². The van der Waals surface area contributed by atoms with Crippen LogP contribution in [0.25, 0.3) is 0 Å². The molecule has 2 aliphatic rings. The van der Waals surface area contributed by atoms with Gasteiger partial charge >= 0.3 is 6.03 Å². The smallest absolute Gasteiger partial charge is 0.325 e.